The molecule has 4 rings (SSSR count). The number of anilines is 1. The van der Waals surface area contributed by atoms with Crippen molar-refractivity contribution in [1.82, 2.24) is 0 Å². The van der Waals surface area contributed by atoms with Crippen LogP contribution in [-0.2, 0) is 41.2 Å². The quantitative estimate of drug-likeness (QED) is 0.618. The van der Waals surface area contributed by atoms with Crippen LogP contribution in [0.3, 0.4) is 0 Å². The van der Waals surface area contributed by atoms with E-state index in [1.54, 1.807) is 6.92 Å². The topological polar surface area (TPSA) is 105 Å². The molecule has 2 aromatic rings. The summed E-state index contributed by atoms with van der Waals surface area (Å²) >= 11 is 0.806. The Labute approximate surface area is 184 Å². The molecule has 2 aliphatic rings. The number of carbonyl (C=O) groups excluding carboxylic acids is 1. The molecule has 2 amide bonds. The molecule has 0 bridgehead atoms. The first kappa shape index (κ1) is 22.3. The monoisotopic (exact) mass is 469 g/mol. The van der Waals surface area contributed by atoms with Gasteiger partial charge in [-0.15, -0.1) is 15.7 Å². The van der Waals surface area contributed by atoms with Crippen molar-refractivity contribution in [3.8, 4) is 0 Å². The lowest BCUT2D eigenvalue weighted by Gasteiger charge is -2.17. The Morgan fingerprint density at radius 2 is 1.61 bits per heavy atom. The van der Waals surface area contributed by atoms with Gasteiger partial charge in [-0.1, -0.05) is 0 Å². The molecular formula is C21H25F2N3O3S2. The lowest BCUT2D eigenvalue weighted by molar-refractivity contribution is 0.0742. The largest absolute Gasteiger partial charge is 0.386 e. The summed E-state index contributed by atoms with van der Waals surface area (Å²) in [5, 5.41) is 18.7. The minimum absolute atomic E-state index is 0.0181. The Bertz CT molecular complexity index is 1190. The van der Waals surface area contributed by atoms with Crippen molar-refractivity contribution >= 4 is 33.0 Å². The molecule has 1 aromatic carbocycles. The number of fused-ring (bicyclic) bond motifs is 2. The van der Waals surface area contributed by atoms with Gasteiger partial charge in [0.1, 0.15) is 5.82 Å². The van der Waals surface area contributed by atoms with Crippen LogP contribution in [0, 0.1) is 18.6 Å². The van der Waals surface area contributed by atoms with Gasteiger partial charge in [-0.25, -0.2) is 22.9 Å². The molecule has 1 unspecified atom stereocenters. The number of halogens is 2. The molecule has 0 aliphatic heterocycles. The Hall–Kier alpha value is -1.88. The Kier molecular flexibility index (Phi) is 5.48. The van der Waals surface area contributed by atoms with E-state index in [-0.39, 0.29) is 15.6 Å². The summed E-state index contributed by atoms with van der Waals surface area (Å²) in [5.41, 5.74) is 1.77. The summed E-state index contributed by atoms with van der Waals surface area (Å²) in [6, 6.07) is -0.961. The number of rotatable bonds is 3. The Balaban J connectivity index is 1.73. The zero-order valence-electron chi connectivity index (χ0n) is 17.6. The second-order valence-electron chi connectivity index (χ2n) is 8.59. The molecule has 1 atom stereocenters. The molecule has 1 aromatic heterocycles. The molecule has 31 heavy (non-hydrogen) atoms. The number of nitrogens with one attached hydrogen (secondary N) is 1. The van der Waals surface area contributed by atoms with Crippen LogP contribution in [0.25, 0.3) is 0 Å². The molecule has 0 saturated heterocycles. The van der Waals surface area contributed by atoms with Gasteiger partial charge in [0.2, 0.25) is 0 Å². The van der Waals surface area contributed by atoms with E-state index < -0.39 is 27.4 Å². The summed E-state index contributed by atoms with van der Waals surface area (Å²) in [6.45, 7) is 4.39. The number of amides is 2. The number of nitrogens with zero attached hydrogens (tertiary/aromatic N) is 1. The van der Waals surface area contributed by atoms with Crippen LogP contribution >= 0.6 is 11.3 Å². The number of benzene rings is 1. The summed E-state index contributed by atoms with van der Waals surface area (Å²) < 4.78 is 45.9. The molecule has 168 valence electrons. The van der Waals surface area contributed by atoms with Gasteiger partial charge in [-0.3, -0.25) is 0 Å². The minimum Gasteiger partial charge on any atom is -0.386 e. The van der Waals surface area contributed by atoms with Gasteiger partial charge in [-0.05, 0) is 81.5 Å². The highest BCUT2D eigenvalue weighted by Gasteiger charge is 2.32. The van der Waals surface area contributed by atoms with Gasteiger partial charge < -0.3 is 10.4 Å². The van der Waals surface area contributed by atoms with Crippen LogP contribution in [0.5, 0.6) is 0 Å². The number of hydrogen-bond donors (Lipinski definition) is 3. The maximum atomic E-state index is 14.9. The maximum Gasteiger partial charge on any atom is 0.354 e. The average Bonchev–Trinajstić information content (AvgIpc) is 3.35. The summed E-state index contributed by atoms with van der Waals surface area (Å²) in [4.78, 5) is 13.1. The van der Waals surface area contributed by atoms with Crippen molar-refractivity contribution in [3.63, 3.8) is 0 Å². The van der Waals surface area contributed by atoms with Crippen molar-refractivity contribution in [3.05, 3.63) is 44.3 Å². The summed E-state index contributed by atoms with van der Waals surface area (Å²) in [5.74, 6) is -1.09. The van der Waals surface area contributed by atoms with Gasteiger partial charge in [-0.2, -0.15) is 0 Å². The zero-order chi connectivity index (χ0) is 22.7. The van der Waals surface area contributed by atoms with E-state index in [1.807, 2.05) is 0 Å². The number of aliphatic hydroxyl groups is 1. The lowest BCUT2D eigenvalue weighted by Crippen LogP contribution is -2.21. The van der Waals surface area contributed by atoms with Crippen LogP contribution in [-0.4, -0.2) is 15.3 Å². The highest BCUT2D eigenvalue weighted by atomic mass is 32.2. The fourth-order valence-electron chi connectivity index (χ4n) is 4.71. The fourth-order valence-corrected chi connectivity index (χ4v) is 7.32. The molecular weight excluding hydrogens is 444 g/mol. The number of urea groups is 1. The number of aryl methyl sites for hydroxylation is 1. The van der Waals surface area contributed by atoms with Gasteiger partial charge in [0, 0.05) is 16.1 Å². The minimum atomic E-state index is -3.89. The Morgan fingerprint density at radius 1 is 1.10 bits per heavy atom. The van der Waals surface area contributed by atoms with Crippen LogP contribution in [0.4, 0.5) is 19.3 Å². The average molecular weight is 470 g/mol. The Morgan fingerprint density at radius 3 is 2.10 bits per heavy atom. The standard InChI is InChI=1S/C21H25F2N3O3S2/c1-10-15(21(2,3)28)17(23)19(30-10)31(24,29)26-20(27)25-18-13-8-4-6-11(13)16(22)12-7-5-9-14(12)18/h28H,4-9H2,1-3H3,(H3,24,25,26,27,29). The molecule has 2 aliphatic carbocycles. The smallest absolute Gasteiger partial charge is 0.354 e. The van der Waals surface area contributed by atoms with Crippen LogP contribution in [0.15, 0.2) is 8.57 Å². The fraction of sp³-hybridized carbons (Fsp3) is 0.476. The summed E-state index contributed by atoms with van der Waals surface area (Å²) in [6.07, 6.45) is 4.09. The van der Waals surface area contributed by atoms with Crippen molar-refractivity contribution in [2.45, 2.75) is 69.1 Å². The van der Waals surface area contributed by atoms with Crippen LogP contribution < -0.4 is 10.5 Å². The molecule has 6 nitrogen and oxygen atoms in total. The predicted molar refractivity (Wildman–Crippen MR) is 117 cm³/mol. The third kappa shape index (κ3) is 3.79. The van der Waals surface area contributed by atoms with Gasteiger partial charge in [0.15, 0.2) is 19.9 Å². The van der Waals surface area contributed by atoms with Crippen molar-refractivity contribution in [2.75, 3.05) is 5.32 Å². The van der Waals surface area contributed by atoms with E-state index in [4.69, 9.17) is 5.14 Å². The van der Waals surface area contributed by atoms with Crippen LogP contribution in [0.1, 0.15) is 59.4 Å². The second-order valence-corrected chi connectivity index (χ2v) is 11.8. The number of nitrogens with two attached hydrogens (primary N) is 1. The second kappa shape index (κ2) is 7.61. The van der Waals surface area contributed by atoms with E-state index in [1.165, 1.54) is 13.8 Å². The van der Waals surface area contributed by atoms with E-state index >= 15 is 0 Å². The highest BCUT2D eigenvalue weighted by molar-refractivity contribution is 7.93. The van der Waals surface area contributed by atoms with Crippen molar-refractivity contribution in [1.29, 1.82) is 0 Å². The number of thiophene rings is 1. The molecule has 0 spiro atoms. The molecule has 1 heterocycles. The first-order valence-corrected chi connectivity index (χ1v) is 12.5. The molecule has 10 heteroatoms. The zero-order valence-corrected chi connectivity index (χ0v) is 19.2. The van der Waals surface area contributed by atoms with E-state index in [0.29, 0.717) is 47.4 Å². The third-order valence-corrected chi connectivity index (χ3v) is 8.88. The number of hydrogen-bond acceptors (Lipinski definition) is 4. The molecule has 4 N–H and O–H groups in total. The van der Waals surface area contributed by atoms with Crippen LogP contribution in [0.2, 0.25) is 0 Å². The first-order valence-electron chi connectivity index (χ1n) is 10.1. The van der Waals surface area contributed by atoms with Gasteiger partial charge in [0.25, 0.3) is 0 Å². The lowest BCUT2D eigenvalue weighted by atomic mass is 9.98. The SMILES string of the molecule is Cc1sc(S(N)(=O)=NC(=O)Nc2c3c(c(F)c4c2CCC4)CCC3)c(F)c1C(C)(C)O. The molecule has 0 radical (unpaired) electrons. The van der Waals surface area contributed by atoms with Crippen molar-refractivity contribution < 1.29 is 22.9 Å². The van der Waals surface area contributed by atoms with Gasteiger partial charge in [0.05, 0.1) is 5.60 Å². The van der Waals surface area contributed by atoms with E-state index in [0.717, 1.165) is 35.3 Å². The highest BCUT2D eigenvalue weighted by Crippen LogP contribution is 2.41. The molecule has 0 saturated carbocycles. The predicted octanol–water partition coefficient (Wildman–Crippen LogP) is 4.47. The van der Waals surface area contributed by atoms with E-state index in [9.17, 15) is 22.9 Å². The molecule has 0 fully saturated rings. The normalized spacial score (nSPS) is 17.3. The maximum absolute atomic E-state index is 14.9. The third-order valence-electron chi connectivity index (χ3n) is 5.89. The van der Waals surface area contributed by atoms with E-state index in [2.05, 4.69) is 9.68 Å². The summed E-state index contributed by atoms with van der Waals surface area (Å²) in [7, 11) is -3.89. The first-order chi connectivity index (χ1) is 14.4. The number of carbonyl (C=O) groups is 1. The van der Waals surface area contributed by atoms with Crippen molar-refractivity contribution in [2.24, 2.45) is 9.50 Å². The van der Waals surface area contributed by atoms with Gasteiger partial charge >= 0.3 is 6.03 Å².